The smallest absolute Gasteiger partial charge is 0.143 e. The van der Waals surface area contributed by atoms with Crippen LogP contribution in [-0.4, -0.2) is 5.54 Å². The summed E-state index contributed by atoms with van der Waals surface area (Å²) in [5.41, 5.74) is 0.717. The van der Waals surface area contributed by atoms with Gasteiger partial charge in [-0.1, -0.05) is 6.92 Å². The van der Waals surface area contributed by atoms with Crippen LogP contribution in [-0.2, 0) is 0 Å². The zero-order valence-electron chi connectivity index (χ0n) is 9.26. The summed E-state index contributed by atoms with van der Waals surface area (Å²) in [5.74, 6) is -0.477. The Kier molecular flexibility index (Phi) is 3.31. The van der Waals surface area contributed by atoms with Crippen molar-refractivity contribution >= 4 is 5.69 Å². The third kappa shape index (κ3) is 2.95. The van der Waals surface area contributed by atoms with Crippen LogP contribution in [0.15, 0.2) is 18.2 Å². The van der Waals surface area contributed by atoms with Gasteiger partial charge in [0.15, 0.2) is 0 Å². The van der Waals surface area contributed by atoms with Crippen LogP contribution in [0.3, 0.4) is 0 Å². The van der Waals surface area contributed by atoms with Gasteiger partial charge in [-0.3, -0.25) is 0 Å². The number of halogens is 1. The Morgan fingerprint density at radius 2 is 2.13 bits per heavy atom. The lowest BCUT2D eigenvalue weighted by molar-refractivity contribution is 0.546. The first kappa shape index (κ1) is 11.5. The van der Waals surface area contributed by atoms with Gasteiger partial charge in [-0.2, -0.15) is 5.26 Å². The molecule has 0 saturated heterocycles. The molecule has 0 radical (unpaired) electrons. The van der Waals surface area contributed by atoms with E-state index >= 15 is 0 Å². The maximum absolute atomic E-state index is 13.3. The van der Waals surface area contributed by atoms with Gasteiger partial charge >= 0.3 is 0 Å². The molecule has 0 aliphatic heterocycles. The molecule has 0 spiro atoms. The lowest BCUT2D eigenvalue weighted by Crippen LogP contribution is -2.29. The molecule has 0 saturated carbocycles. The Balaban J connectivity index is 2.90. The van der Waals surface area contributed by atoms with Gasteiger partial charge in [0.25, 0.3) is 0 Å². The number of benzene rings is 1. The Hall–Kier alpha value is -1.56. The third-order valence-corrected chi connectivity index (χ3v) is 2.46. The van der Waals surface area contributed by atoms with Gasteiger partial charge in [0, 0.05) is 11.2 Å². The normalized spacial score (nSPS) is 10.9. The molecule has 1 N–H and O–H groups in total. The number of anilines is 1. The molecular formula is C12H15FN2. The molecule has 0 heterocycles. The van der Waals surface area contributed by atoms with Gasteiger partial charge in [-0.25, -0.2) is 4.39 Å². The largest absolute Gasteiger partial charge is 0.380 e. The predicted octanol–water partition coefficient (Wildman–Crippen LogP) is 3.30. The molecular weight excluding hydrogens is 191 g/mol. The van der Waals surface area contributed by atoms with E-state index < -0.39 is 5.82 Å². The van der Waals surface area contributed by atoms with E-state index in [1.807, 2.05) is 13.8 Å². The average Bonchev–Trinajstić information content (AvgIpc) is 2.17. The van der Waals surface area contributed by atoms with Crippen molar-refractivity contribution in [2.75, 3.05) is 5.32 Å². The molecule has 0 fully saturated rings. The van der Waals surface area contributed by atoms with E-state index in [4.69, 9.17) is 5.26 Å². The van der Waals surface area contributed by atoms with E-state index in [1.165, 1.54) is 12.1 Å². The molecule has 0 bridgehead atoms. The second kappa shape index (κ2) is 4.31. The van der Waals surface area contributed by atoms with Crippen LogP contribution in [0.4, 0.5) is 10.1 Å². The fraction of sp³-hybridized carbons (Fsp3) is 0.417. The predicted molar refractivity (Wildman–Crippen MR) is 59.1 cm³/mol. The molecule has 0 aromatic heterocycles. The van der Waals surface area contributed by atoms with Gasteiger partial charge in [0.05, 0.1) is 5.56 Å². The van der Waals surface area contributed by atoms with E-state index in [2.05, 4.69) is 12.2 Å². The van der Waals surface area contributed by atoms with Gasteiger partial charge in [-0.15, -0.1) is 0 Å². The Labute approximate surface area is 89.7 Å². The van der Waals surface area contributed by atoms with E-state index in [0.29, 0.717) is 5.69 Å². The quantitative estimate of drug-likeness (QED) is 0.823. The minimum Gasteiger partial charge on any atom is -0.380 e. The summed E-state index contributed by atoms with van der Waals surface area (Å²) < 4.78 is 13.3. The summed E-state index contributed by atoms with van der Waals surface area (Å²) in [6.07, 6.45) is 0.939. The second-order valence-electron chi connectivity index (χ2n) is 4.17. The van der Waals surface area contributed by atoms with Crippen LogP contribution in [0.2, 0.25) is 0 Å². The van der Waals surface area contributed by atoms with E-state index in [9.17, 15) is 4.39 Å². The standard InChI is InChI=1S/C12H15FN2/c1-4-12(2,3)15-10-6-5-9(8-14)11(13)7-10/h5-7,15H,4H2,1-3H3. The summed E-state index contributed by atoms with van der Waals surface area (Å²) in [4.78, 5) is 0. The highest BCUT2D eigenvalue weighted by Gasteiger charge is 2.14. The number of nitriles is 1. The molecule has 1 aromatic carbocycles. The van der Waals surface area contributed by atoms with Crippen LogP contribution >= 0.6 is 0 Å². The van der Waals surface area contributed by atoms with Crippen molar-refractivity contribution in [3.63, 3.8) is 0 Å². The number of nitrogens with one attached hydrogen (secondary N) is 1. The number of rotatable bonds is 3. The van der Waals surface area contributed by atoms with Gasteiger partial charge < -0.3 is 5.32 Å². The molecule has 80 valence electrons. The zero-order valence-corrected chi connectivity index (χ0v) is 9.26. The van der Waals surface area contributed by atoms with Crippen molar-refractivity contribution in [2.24, 2.45) is 0 Å². The summed E-state index contributed by atoms with van der Waals surface area (Å²) >= 11 is 0. The monoisotopic (exact) mass is 206 g/mol. The molecule has 2 nitrogen and oxygen atoms in total. The summed E-state index contributed by atoms with van der Waals surface area (Å²) in [6, 6.07) is 6.36. The molecule has 0 aliphatic carbocycles. The highest BCUT2D eigenvalue weighted by atomic mass is 19.1. The topological polar surface area (TPSA) is 35.8 Å². The van der Waals surface area contributed by atoms with E-state index in [0.717, 1.165) is 6.42 Å². The first-order valence-corrected chi connectivity index (χ1v) is 4.96. The Morgan fingerprint density at radius 1 is 1.47 bits per heavy atom. The summed E-state index contributed by atoms with van der Waals surface area (Å²) in [5, 5.41) is 11.8. The minimum absolute atomic E-state index is 0.0688. The van der Waals surface area contributed by atoms with Crippen molar-refractivity contribution in [2.45, 2.75) is 32.7 Å². The molecule has 1 aromatic rings. The second-order valence-corrected chi connectivity index (χ2v) is 4.17. The molecule has 0 unspecified atom stereocenters. The number of hydrogen-bond donors (Lipinski definition) is 1. The fourth-order valence-corrected chi connectivity index (χ4v) is 1.16. The first-order chi connectivity index (χ1) is 6.98. The molecule has 0 atom stereocenters. The highest BCUT2D eigenvalue weighted by molar-refractivity contribution is 5.49. The van der Waals surface area contributed by atoms with Crippen LogP contribution in [0, 0.1) is 17.1 Å². The Morgan fingerprint density at radius 3 is 2.60 bits per heavy atom. The third-order valence-electron chi connectivity index (χ3n) is 2.46. The van der Waals surface area contributed by atoms with Gasteiger partial charge in [0.1, 0.15) is 11.9 Å². The maximum Gasteiger partial charge on any atom is 0.143 e. The van der Waals surface area contributed by atoms with Crippen LogP contribution in [0.1, 0.15) is 32.8 Å². The van der Waals surface area contributed by atoms with Crippen molar-refractivity contribution in [1.82, 2.24) is 0 Å². The van der Waals surface area contributed by atoms with Gasteiger partial charge in [0.2, 0.25) is 0 Å². The van der Waals surface area contributed by atoms with E-state index in [-0.39, 0.29) is 11.1 Å². The molecule has 15 heavy (non-hydrogen) atoms. The Bertz CT molecular complexity index is 391. The van der Waals surface area contributed by atoms with Crippen molar-refractivity contribution in [3.8, 4) is 6.07 Å². The highest BCUT2D eigenvalue weighted by Crippen LogP contribution is 2.20. The first-order valence-electron chi connectivity index (χ1n) is 4.96. The van der Waals surface area contributed by atoms with Crippen molar-refractivity contribution < 1.29 is 4.39 Å². The average molecular weight is 206 g/mol. The SMILES string of the molecule is CCC(C)(C)Nc1ccc(C#N)c(F)c1. The minimum atomic E-state index is -0.477. The van der Waals surface area contributed by atoms with Crippen LogP contribution in [0.5, 0.6) is 0 Å². The van der Waals surface area contributed by atoms with Crippen molar-refractivity contribution in [3.05, 3.63) is 29.6 Å². The lowest BCUT2D eigenvalue weighted by atomic mass is 10.0. The number of hydrogen-bond acceptors (Lipinski definition) is 2. The van der Waals surface area contributed by atoms with Gasteiger partial charge in [-0.05, 0) is 38.5 Å². The molecule has 0 aliphatic rings. The summed E-state index contributed by atoms with van der Waals surface area (Å²) in [6.45, 7) is 6.15. The fourth-order valence-electron chi connectivity index (χ4n) is 1.16. The number of nitrogens with zero attached hydrogens (tertiary/aromatic N) is 1. The van der Waals surface area contributed by atoms with Crippen LogP contribution < -0.4 is 5.32 Å². The van der Waals surface area contributed by atoms with E-state index in [1.54, 1.807) is 12.1 Å². The molecule has 3 heteroatoms. The van der Waals surface area contributed by atoms with Crippen LogP contribution in [0.25, 0.3) is 0 Å². The molecule has 1 rings (SSSR count). The molecule has 0 amide bonds. The van der Waals surface area contributed by atoms with Crippen molar-refractivity contribution in [1.29, 1.82) is 5.26 Å². The lowest BCUT2D eigenvalue weighted by Gasteiger charge is -2.25. The zero-order chi connectivity index (χ0) is 11.5. The maximum atomic E-state index is 13.3. The summed E-state index contributed by atoms with van der Waals surface area (Å²) in [7, 11) is 0.